The number of aliphatic carboxylic acids is 1. The topological polar surface area (TPSA) is 109 Å². The molecule has 6 nitrogen and oxygen atoms in total. The van der Waals surface area contributed by atoms with Gasteiger partial charge in [0.15, 0.2) is 0 Å². The molecule has 1 atom stereocenters. The molecule has 1 unspecified atom stereocenters. The normalized spacial score (nSPS) is 11.8. The third-order valence-corrected chi connectivity index (χ3v) is 3.20. The van der Waals surface area contributed by atoms with Crippen molar-refractivity contribution in [3.8, 4) is 0 Å². The number of nitrogens with two attached hydrogens (primary N) is 1. The maximum atomic E-state index is 11.4. The van der Waals surface area contributed by atoms with Crippen molar-refractivity contribution in [1.29, 1.82) is 0 Å². The van der Waals surface area contributed by atoms with E-state index in [1.165, 1.54) is 11.8 Å². The van der Waals surface area contributed by atoms with Crippen LogP contribution in [-0.4, -0.2) is 40.9 Å². The van der Waals surface area contributed by atoms with Crippen molar-refractivity contribution in [3.05, 3.63) is 0 Å². The molecule has 0 aliphatic rings. The number of amides is 2. The predicted octanol–water partition coefficient (Wildman–Crippen LogP) is 0.212. The van der Waals surface area contributed by atoms with Crippen molar-refractivity contribution in [3.63, 3.8) is 0 Å². The average Bonchev–Trinajstić information content (AvgIpc) is 2.29. The average molecular weight is 276 g/mol. The van der Waals surface area contributed by atoms with E-state index in [4.69, 9.17) is 10.8 Å². The molecule has 0 aliphatic carbocycles. The first-order chi connectivity index (χ1) is 8.41. The lowest BCUT2D eigenvalue weighted by Gasteiger charge is -2.11. The zero-order valence-electron chi connectivity index (χ0n) is 10.5. The van der Waals surface area contributed by atoms with Gasteiger partial charge in [-0.15, -0.1) is 0 Å². The van der Waals surface area contributed by atoms with E-state index in [0.717, 1.165) is 0 Å². The smallest absolute Gasteiger partial charge is 0.303 e. The first-order valence-electron chi connectivity index (χ1n) is 5.76. The summed E-state index contributed by atoms with van der Waals surface area (Å²) in [4.78, 5) is 32.2. The SMILES string of the molecule is CC(CCC(=O)O)CNC(=O)CCSCC(N)=O. The van der Waals surface area contributed by atoms with E-state index in [0.29, 0.717) is 25.1 Å². The van der Waals surface area contributed by atoms with Crippen molar-refractivity contribution in [1.82, 2.24) is 5.32 Å². The van der Waals surface area contributed by atoms with E-state index >= 15 is 0 Å². The van der Waals surface area contributed by atoms with Gasteiger partial charge in [-0.2, -0.15) is 11.8 Å². The van der Waals surface area contributed by atoms with E-state index in [1.54, 1.807) is 0 Å². The van der Waals surface area contributed by atoms with Gasteiger partial charge in [0.05, 0.1) is 5.75 Å². The number of hydrogen-bond donors (Lipinski definition) is 3. The number of carbonyl (C=O) groups excluding carboxylic acids is 2. The minimum Gasteiger partial charge on any atom is -0.481 e. The number of carboxylic acids is 1. The second kappa shape index (κ2) is 9.76. The Balaban J connectivity index is 3.51. The summed E-state index contributed by atoms with van der Waals surface area (Å²) in [5.74, 6) is -0.378. The third kappa shape index (κ3) is 11.3. The van der Waals surface area contributed by atoms with Crippen molar-refractivity contribution in [2.75, 3.05) is 18.1 Å². The van der Waals surface area contributed by atoms with Crippen LogP contribution in [0.15, 0.2) is 0 Å². The molecule has 0 rings (SSSR count). The maximum absolute atomic E-state index is 11.4. The van der Waals surface area contributed by atoms with Crippen LogP contribution >= 0.6 is 11.8 Å². The maximum Gasteiger partial charge on any atom is 0.303 e. The number of carboxylic acid groups (broad SMARTS) is 1. The largest absolute Gasteiger partial charge is 0.481 e. The molecule has 0 aromatic rings. The fourth-order valence-electron chi connectivity index (χ4n) is 1.19. The van der Waals surface area contributed by atoms with Gasteiger partial charge in [-0.1, -0.05) is 6.92 Å². The zero-order valence-corrected chi connectivity index (χ0v) is 11.3. The molecule has 0 saturated heterocycles. The summed E-state index contributed by atoms with van der Waals surface area (Å²) < 4.78 is 0. The highest BCUT2D eigenvalue weighted by Crippen LogP contribution is 2.05. The van der Waals surface area contributed by atoms with E-state index in [9.17, 15) is 14.4 Å². The van der Waals surface area contributed by atoms with Crippen LogP contribution in [0.2, 0.25) is 0 Å². The quantitative estimate of drug-likeness (QED) is 0.494. The first-order valence-corrected chi connectivity index (χ1v) is 6.91. The molecule has 18 heavy (non-hydrogen) atoms. The van der Waals surface area contributed by atoms with Crippen LogP contribution in [0.1, 0.15) is 26.2 Å². The number of hydrogen-bond acceptors (Lipinski definition) is 4. The monoisotopic (exact) mass is 276 g/mol. The van der Waals surface area contributed by atoms with Gasteiger partial charge >= 0.3 is 5.97 Å². The Labute approximate surface area is 111 Å². The standard InChI is InChI=1S/C11H20N2O4S/c1-8(2-3-11(16)17)6-13-10(15)4-5-18-7-9(12)14/h8H,2-7H2,1H3,(H2,12,14)(H,13,15)(H,16,17). The van der Waals surface area contributed by atoms with Crippen LogP contribution in [0.3, 0.4) is 0 Å². The van der Waals surface area contributed by atoms with Crippen LogP contribution in [-0.2, 0) is 14.4 Å². The van der Waals surface area contributed by atoms with Crippen molar-refractivity contribution < 1.29 is 19.5 Å². The van der Waals surface area contributed by atoms with Crippen LogP contribution in [0, 0.1) is 5.92 Å². The zero-order chi connectivity index (χ0) is 14.0. The lowest BCUT2D eigenvalue weighted by molar-refractivity contribution is -0.137. The van der Waals surface area contributed by atoms with E-state index in [-0.39, 0.29) is 29.9 Å². The first kappa shape index (κ1) is 16.8. The summed E-state index contributed by atoms with van der Waals surface area (Å²) >= 11 is 1.33. The molecule has 0 bridgehead atoms. The Hall–Kier alpha value is -1.24. The van der Waals surface area contributed by atoms with Gasteiger partial charge in [0, 0.05) is 25.1 Å². The van der Waals surface area contributed by atoms with Gasteiger partial charge in [-0.05, 0) is 12.3 Å². The summed E-state index contributed by atoms with van der Waals surface area (Å²) in [6, 6.07) is 0. The second-order valence-corrected chi connectivity index (χ2v) is 5.22. The molecular formula is C11H20N2O4S. The lowest BCUT2D eigenvalue weighted by Crippen LogP contribution is -2.28. The number of carbonyl (C=O) groups is 3. The number of thioether (sulfide) groups is 1. The van der Waals surface area contributed by atoms with Crippen molar-refractivity contribution in [2.45, 2.75) is 26.2 Å². The number of rotatable bonds is 10. The van der Waals surface area contributed by atoms with Gasteiger partial charge in [0.2, 0.25) is 11.8 Å². The van der Waals surface area contributed by atoms with Crippen LogP contribution < -0.4 is 11.1 Å². The molecular weight excluding hydrogens is 256 g/mol. The van der Waals surface area contributed by atoms with E-state index in [1.807, 2.05) is 6.92 Å². The second-order valence-electron chi connectivity index (χ2n) is 4.11. The highest BCUT2D eigenvalue weighted by molar-refractivity contribution is 7.99. The summed E-state index contributed by atoms with van der Waals surface area (Å²) in [5.41, 5.74) is 4.96. The number of primary amides is 1. The molecule has 0 aliphatic heterocycles. The molecule has 2 amide bonds. The molecule has 104 valence electrons. The summed E-state index contributed by atoms with van der Waals surface area (Å²) in [5, 5.41) is 11.2. The molecule has 0 aromatic carbocycles. The van der Waals surface area contributed by atoms with Crippen LogP contribution in [0.4, 0.5) is 0 Å². The molecule has 0 radical (unpaired) electrons. The minimum absolute atomic E-state index is 0.0888. The van der Waals surface area contributed by atoms with E-state index in [2.05, 4.69) is 5.32 Å². The Morgan fingerprint density at radius 3 is 2.56 bits per heavy atom. The van der Waals surface area contributed by atoms with Crippen LogP contribution in [0.25, 0.3) is 0 Å². The lowest BCUT2D eigenvalue weighted by atomic mass is 10.1. The number of nitrogens with one attached hydrogen (secondary N) is 1. The van der Waals surface area contributed by atoms with Crippen molar-refractivity contribution >= 4 is 29.5 Å². The van der Waals surface area contributed by atoms with Gasteiger partial charge in [0.25, 0.3) is 0 Å². The molecule has 0 spiro atoms. The van der Waals surface area contributed by atoms with Gasteiger partial charge < -0.3 is 16.2 Å². The Morgan fingerprint density at radius 2 is 2.00 bits per heavy atom. The van der Waals surface area contributed by atoms with Gasteiger partial charge in [-0.25, -0.2) is 0 Å². The fraction of sp³-hybridized carbons (Fsp3) is 0.727. The Morgan fingerprint density at radius 1 is 1.33 bits per heavy atom. The van der Waals surface area contributed by atoms with E-state index < -0.39 is 5.97 Å². The summed E-state index contributed by atoms with van der Waals surface area (Å²) in [7, 11) is 0. The molecule has 7 heteroatoms. The minimum atomic E-state index is -0.823. The van der Waals surface area contributed by atoms with Gasteiger partial charge in [-0.3, -0.25) is 14.4 Å². The molecule has 0 saturated carbocycles. The van der Waals surface area contributed by atoms with Crippen molar-refractivity contribution in [2.24, 2.45) is 11.7 Å². The Kier molecular flexibility index (Phi) is 9.08. The molecule has 0 fully saturated rings. The van der Waals surface area contributed by atoms with Crippen LogP contribution in [0.5, 0.6) is 0 Å². The predicted molar refractivity (Wildman–Crippen MR) is 70.2 cm³/mol. The highest BCUT2D eigenvalue weighted by atomic mass is 32.2. The Bertz CT molecular complexity index is 297. The molecule has 0 heterocycles. The molecule has 4 N–H and O–H groups in total. The summed E-state index contributed by atoms with van der Waals surface area (Å²) in [6.07, 6.45) is 1.00. The summed E-state index contributed by atoms with van der Waals surface area (Å²) in [6.45, 7) is 2.37. The third-order valence-electron chi connectivity index (χ3n) is 2.22. The van der Waals surface area contributed by atoms with Gasteiger partial charge in [0.1, 0.15) is 0 Å². The molecule has 0 aromatic heterocycles. The fourth-order valence-corrected chi connectivity index (χ4v) is 1.86. The highest BCUT2D eigenvalue weighted by Gasteiger charge is 2.07.